The number of hydrogen-bond donors (Lipinski definition) is 1. The second kappa shape index (κ2) is 9.73. The first-order valence-electron chi connectivity index (χ1n) is 7.14. The molecule has 1 saturated heterocycles. The molecule has 7 nitrogen and oxygen atoms in total. The summed E-state index contributed by atoms with van der Waals surface area (Å²) < 4.78 is 27.4. The van der Waals surface area contributed by atoms with Crippen molar-refractivity contribution >= 4 is 22.8 Å². The number of benzene rings is 1. The number of carboxylic acid groups (broad SMARTS) is 1. The van der Waals surface area contributed by atoms with E-state index in [0.717, 1.165) is 9.70 Å². The number of carboxylic acids is 1. The Kier molecular flexibility index (Phi) is 7.96. The van der Waals surface area contributed by atoms with E-state index in [0.29, 0.717) is 25.5 Å². The Labute approximate surface area is 136 Å². The van der Waals surface area contributed by atoms with Gasteiger partial charge in [-0.15, -0.1) is 12.4 Å². The van der Waals surface area contributed by atoms with Gasteiger partial charge < -0.3 is 14.6 Å². The van der Waals surface area contributed by atoms with E-state index in [4.69, 9.17) is 9.84 Å². The molecule has 0 aromatic heterocycles. The number of para-hydroxylation sites is 1. The zero-order valence-corrected chi connectivity index (χ0v) is 13.6. The summed E-state index contributed by atoms with van der Waals surface area (Å²) in [7, 11) is -0.930. The van der Waals surface area contributed by atoms with E-state index in [-0.39, 0.29) is 6.54 Å². The van der Waals surface area contributed by atoms with Crippen LogP contribution in [-0.4, -0.2) is 49.4 Å². The lowest BCUT2D eigenvalue weighted by atomic mass is 9.97. The molecule has 8 heteroatoms. The number of carbonyl (C=O) groups is 2. The molecule has 0 amide bonds. The van der Waals surface area contributed by atoms with Gasteiger partial charge in [-0.3, -0.25) is 0 Å². The molecular formula is C15H20NO6S+. The molecule has 0 bridgehead atoms. The SMILES string of the molecule is COc1ccccc1.O=CC1CCCC[N+](=S(=O)=O)C1C(=O)O. The van der Waals surface area contributed by atoms with E-state index in [1.807, 2.05) is 30.3 Å². The average molecular weight is 342 g/mol. The predicted molar refractivity (Wildman–Crippen MR) is 81.9 cm³/mol. The Morgan fingerprint density at radius 3 is 2.39 bits per heavy atom. The Hall–Kier alpha value is -2.22. The van der Waals surface area contributed by atoms with Crippen LogP contribution in [0.2, 0.25) is 0 Å². The molecule has 0 spiro atoms. The second-order valence-corrected chi connectivity index (χ2v) is 5.86. The summed E-state index contributed by atoms with van der Waals surface area (Å²) in [6, 6.07) is 8.43. The third-order valence-corrected chi connectivity index (χ3v) is 4.27. The lowest BCUT2D eigenvalue weighted by molar-refractivity contribution is -0.534. The van der Waals surface area contributed by atoms with Crippen LogP contribution in [0.5, 0.6) is 5.75 Å². The van der Waals surface area contributed by atoms with Crippen molar-refractivity contribution in [1.29, 1.82) is 0 Å². The van der Waals surface area contributed by atoms with Crippen LogP contribution in [0.25, 0.3) is 0 Å². The van der Waals surface area contributed by atoms with Crippen LogP contribution < -0.4 is 4.74 Å². The van der Waals surface area contributed by atoms with E-state index < -0.39 is 28.4 Å². The molecule has 2 unspecified atom stereocenters. The van der Waals surface area contributed by atoms with Gasteiger partial charge in [0.1, 0.15) is 12.0 Å². The van der Waals surface area contributed by atoms with E-state index in [1.54, 1.807) is 7.11 Å². The van der Waals surface area contributed by atoms with Gasteiger partial charge in [0.05, 0.1) is 13.0 Å². The third-order valence-electron chi connectivity index (χ3n) is 3.48. The number of carbonyl (C=O) groups excluding carboxylic acids is 1. The molecule has 2 rings (SSSR count). The van der Waals surface area contributed by atoms with Crippen LogP contribution in [-0.2, 0) is 20.1 Å². The molecular weight excluding hydrogens is 322 g/mol. The summed E-state index contributed by atoms with van der Waals surface area (Å²) in [5.74, 6) is -1.10. The lowest BCUT2D eigenvalue weighted by Gasteiger charge is -2.09. The van der Waals surface area contributed by atoms with Crippen molar-refractivity contribution in [2.45, 2.75) is 25.3 Å². The normalized spacial score (nSPS) is 20.5. The van der Waals surface area contributed by atoms with Crippen LogP contribution in [0, 0.1) is 5.92 Å². The lowest BCUT2D eigenvalue weighted by Crippen LogP contribution is -2.40. The van der Waals surface area contributed by atoms with Gasteiger partial charge >= 0.3 is 16.5 Å². The van der Waals surface area contributed by atoms with E-state index in [2.05, 4.69) is 0 Å². The second-order valence-electron chi connectivity index (χ2n) is 4.95. The number of hydrogen-bond acceptors (Lipinski definition) is 5. The van der Waals surface area contributed by atoms with Crippen molar-refractivity contribution in [3.8, 4) is 5.75 Å². The summed E-state index contributed by atoms with van der Waals surface area (Å²) in [5.41, 5.74) is 0. The number of aldehydes is 1. The van der Waals surface area contributed by atoms with Gasteiger partial charge in [-0.1, -0.05) is 18.2 Å². The maximum absolute atomic E-state index is 10.9. The van der Waals surface area contributed by atoms with Gasteiger partial charge in [-0.05, 0) is 25.0 Å². The number of aliphatic carboxylic acids is 1. The number of rotatable bonds is 3. The van der Waals surface area contributed by atoms with Crippen molar-refractivity contribution < 1.29 is 31.8 Å². The molecule has 1 aromatic carbocycles. The van der Waals surface area contributed by atoms with Crippen LogP contribution in [0.15, 0.2) is 30.3 Å². The van der Waals surface area contributed by atoms with E-state index >= 15 is 0 Å². The minimum Gasteiger partial charge on any atom is -0.497 e. The standard InChI is InChI=1S/C8H11NO5S.C7H8O/c10-5-6-3-1-2-4-9(15(13)14)7(6)8(11)12;1-8-7-5-3-2-4-6-7/h5-7H,1-4H2;2-6H,1H3/p+1. The predicted octanol–water partition coefficient (Wildman–Crippen LogP) is 1.21. The van der Waals surface area contributed by atoms with Gasteiger partial charge in [0.15, 0.2) is 6.54 Å². The maximum atomic E-state index is 10.9. The molecule has 0 aliphatic carbocycles. The average Bonchev–Trinajstić information content (AvgIpc) is 2.78. The van der Waals surface area contributed by atoms with Crippen LogP contribution in [0.1, 0.15) is 19.3 Å². The summed E-state index contributed by atoms with van der Waals surface area (Å²) in [4.78, 5) is 21.6. The van der Waals surface area contributed by atoms with Gasteiger partial charge in [0, 0.05) is 6.42 Å². The highest BCUT2D eigenvalue weighted by molar-refractivity contribution is 7.58. The fourth-order valence-corrected chi connectivity index (χ4v) is 3.04. The molecule has 1 heterocycles. The molecule has 0 saturated carbocycles. The first-order valence-corrected chi connectivity index (χ1v) is 8.17. The molecule has 2 atom stereocenters. The molecule has 1 N–H and O–H groups in total. The smallest absolute Gasteiger partial charge is 0.459 e. The largest absolute Gasteiger partial charge is 0.497 e. The van der Waals surface area contributed by atoms with Gasteiger partial charge in [0.2, 0.25) is 0 Å². The quantitative estimate of drug-likeness (QED) is 0.654. The van der Waals surface area contributed by atoms with Crippen molar-refractivity contribution in [2.75, 3.05) is 13.7 Å². The van der Waals surface area contributed by atoms with Crippen molar-refractivity contribution in [2.24, 2.45) is 5.92 Å². The minimum atomic E-state index is -2.59. The first-order chi connectivity index (χ1) is 11.0. The first kappa shape index (κ1) is 18.8. The molecule has 1 aromatic rings. The minimum absolute atomic E-state index is 0.164. The van der Waals surface area contributed by atoms with Gasteiger partial charge in [-0.25, -0.2) is 4.79 Å². The van der Waals surface area contributed by atoms with Crippen LogP contribution in [0.3, 0.4) is 0 Å². The maximum Gasteiger partial charge on any atom is 0.459 e. The van der Waals surface area contributed by atoms with Gasteiger partial charge in [-0.2, -0.15) is 0 Å². The highest BCUT2D eigenvalue weighted by atomic mass is 32.2. The highest BCUT2D eigenvalue weighted by Crippen LogP contribution is 2.18. The zero-order chi connectivity index (χ0) is 17.2. The van der Waals surface area contributed by atoms with Crippen LogP contribution >= 0.6 is 0 Å². The topological polar surface area (TPSA) is 101 Å². The molecule has 1 aliphatic heterocycles. The third kappa shape index (κ3) is 5.82. The number of ether oxygens (including phenoxy) is 1. The Morgan fingerprint density at radius 2 is 1.96 bits per heavy atom. The molecule has 126 valence electrons. The zero-order valence-electron chi connectivity index (χ0n) is 12.8. The molecule has 1 aliphatic rings. The molecule has 23 heavy (non-hydrogen) atoms. The monoisotopic (exact) mass is 342 g/mol. The summed E-state index contributed by atoms with van der Waals surface area (Å²) >= 11 is 0. The fraction of sp³-hybridized carbons (Fsp3) is 0.467. The summed E-state index contributed by atoms with van der Waals surface area (Å²) in [5, 5.41) is 8.91. The number of nitrogens with zero attached hydrogens (tertiary/aromatic N) is 1. The molecule has 1 fully saturated rings. The Bertz CT molecular complexity index is 648. The van der Waals surface area contributed by atoms with E-state index in [9.17, 15) is 18.0 Å². The fourth-order valence-electron chi connectivity index (χ4n) is 2.33. The summed E-state index contributed by atoms with van der Waals surface area (Å²) in [6.07, 6.45) is 2.21. The Balaban J connectivity index is 0.000000277. The van der Waals surface area contributed by atoms with Crippen molar-refractivity contribution in [3.63, 3.8) is 0 Å². The summed E-state index contributed by atoms with van der Waals surface area (Å²) in [6.45, 7) is 0.164. The van der Waals surface area contributed by atoms with Gasteiger partial charge in [0.25, 0.3) is 6.04 Å². The van der Waals surface area contributed by atoms with Crippen LogP contribution in [0.4, 0.5) is 0 Å². The van der Waals surface area contributed by atoms with Crippen molar-refractivity contribution in [1.82, 2.24) is 0 Å². The van der Waals surface area contributed by atoms with E-state index in [1.165, 1.54) is 0 Å². The number of methoxy groups -OCH3 is 1. The Morgan fingerprint density at radius 1 is 1.30 bits per heavy atom. The van der Waals surface area contributed by atoms with Crippen molar-refractivity contribution in [3.05, 3.63) is 30.3 Å². The highest BCUT2D eigenvalue weighted by Gasteiger charge is 2.41. The molecule has 0 radical (unpaired) electrons.